The first-order chi connectivity index (χ1) is 22.2. The highest BCUT2D eigenvalue weighted by molar-refractivity contribution is 5.79. The Bertz CT molecular complexity index is 1050. The SMILES string of the molecule is COC(=O)COCCOCCOCCOCCOCCOCCOCCCNC(=O)OCC1c2ccccc2-c2ccccc21. The minimum Gasteiger partial charge on any atom is -0.467 e. The molecule has 1 aliphatic carbocycles. The molecule has 0 unspecified atom stereocenters. The minimum atomic E-state index is -0.418. The van der Waals surface area contributed by atoms with Gasteiger partial charge in [0, 0.05) is 19.1 Å². The van der Waals surface area contributed by atoms with Gasteiger partial charge in [0.1, 0.15) is 13.2 Å². The van der Waals surface area contributed by atoms with E-state index in [4.69, 9.17) is 37.9 Å². The van der Waals surface area contributed by atoms with Crippen LogP contribution in [0.15, 0.2) is 48.5 Å². The summed E-state index contributed by atoms with van der Waals surface area (Å²) in [5.41, 5.74) is 4.80. The third kappa shape index (κ3) is 14.7. The van der Waals surface area contributed by atoms with Gasteiger partial charge in [-0.15, -0.1) is 0 Å². The summed E-state index contributed by atoms with van der Waals surface area (Å²) in [5.74, 6) is -0.361. The molecule has 0 aliphatic heterocycles. The summed E-state index contributed by atoms with van der Waals surface area (Å²) >= 11 is 0. The van der Waals surface area contributed by atoms with Crippen molar-refractivity contribution in [3.8, 4) is 11.1 Å². The van der Waals surface area contributed by atoms with Gasteiger partial charge in [0.05, 0.1) is 86.4 Å². The second-order valence-electron chi connectivity index (χ2n) is 9.91. The number of carbonyl (C=O) groups excluding carboxylic acids is 2. The maximum atomic E-state index is 12.2. The summed E-state index contributed by atoms with van der Waals surface area (Å²) in [6.45, 7) is 6.62. The van der Waals surface area contributed by atoms with E-state index in [1.807, 2.05) is 24.3 Å². The van der Waals surface area contributed by atoms with Gasteiger partial charge in [-0.25, -0.2) is 9.59 Å². The number of amides is 1. The quantitative estimate of drug-likeness (QED) is 0.121. The molecule has 2 aromatic carbocycles. The normalized spacial score (nSPS) is 12.1. The molecular formula is C33H47NO11. The Morgan fingerprint density at radius 1 is 0.600 bits per heavy atom. The Kier molecular flexibility index (Phi) is 18.8. The average molecular weight is 634 g/mol. The number of benzene rings is 2. The van der Waals surface area contributed by atoms with E-state index in [1.54, 1.807) is 0 Å². The van der Waals surface area contributed by atoms with Crippen molar-refractivity contribution in [2.24, 2.45) is 0 Å². The number of fused-ring (bicyclic) bond motifs is 3. The highest BCUT2D eigenvalue weighted by Crippen LogP contribution is 2.44. The van der Waals surface area contributed by atoms with Crippen LogP contribution in [-0.4, -0.2) is 125 Å². The van der Waals surface area contributed by atoms with Gasteiger partial charge in [-0.05, 0) is 28.7 Å². The van der Waals surface area contributed by atoms with Crippen molar-refractivity contribution in [3.63, 3.8) is 0 Å². The van der Waals surface area contributed by atoms with Gasteiger partial charge in [0.2, 0.25) is 0 Å². The van der Waals surface area contributed by atoms with Gasteiger partial charge in [-0.2, -0.15) is 0 Å². The molecule has 0 spiro atoms. The van der Waals surface area contributed by atoms with Crippen LogP contribution in [0.1, 0.15) is 23.5 Å². The average Bonchev–Trinajstić information content (AvgIpc) is 3.39. The second-order valence-corrected chi connectivity index (χ2v) is 9.91. The lowest BCUT2D eigenvalue weighted by Crippen LogP contribution is -2.27. The van der Waals surface area contributed by atoms with Crippen LogP contribution < -0.4 is 5.32 Å². The molecular weight excluding hydrogens is 586 g/mol. The van der Waals surface area contributed by atoms with Crippen molar-refractivity contribution in [1.29, 1.82) is 0 Å². The topological polar surface area (TPSA) is 129 Å². The molecule has 0 heterocycles. The number of esters is 1. The Morgan fingerprint density at radius 2 is 1.02 bits per heavy atom. The summed E-state index contributed by atoms with van der Waals surface area (Å²) < 4.78 is 47.8. The van der Waals surface area contributed by atoms with Crippen LogP contribution in [0.25, 0.3) is 11.1 Å². The fourth-order valence-electron chi connectivity index (χ4n) is 4.55. The van der Waals surface area contributed by atoms with Crippen molar-refractivity contribution in [1.82, 2.24) is 5.32 Å². The molecule has 12 nitrogen and oxygen atoms in total. The highest BCUT2D eigenvalue weighted by Gasteiger charge is 2.28. The largest absolute Gasteiger partial charge is 0.467 e. The Hall–Kier alpha value is -3.10. The summed E-state index contributed by atoms with van der Waals surface area (Å²) in [6.07, 6.45) is 0.264. The van der Waals surface area contributed by atoms with E-state index in [2.05, 4.69) is 34.3 Å². The van der Waals surface area contributed by atoms with Crippen LogP contribution in [0.3, 0.4) is 0 Å². The summed E-state index contributed by atoms with van der Waals surface area (Å²) in [4.78, 5) is 23.1. The third-order valence-electron chi connectivity index (χ3n) is 6.76. The second kappa shape index (κ2) is 23.3. The molecule has 0 bridgehead atoms. The van der Waals surface area contributed by atoms with Crippen LogP contribution in [0.5, 0.6) is 0 Å². The number of hydrogen-bond acceptors (Lipinski definition) is 11. The lowest BCUT2D eigenvalue weighted by atomic mass is 9.98. The molecule has 1 amide bonds. The molecule has 0 saturated carbocycles. The fraction of sp³-hybridized carbons (Fsp3) is 0.576. The number of carbonyl (C=O) groups is 2. The van der Waals surface area contributed by atoms with Crippen molar-refractivity contribution in [2.75, 3.05) is 113 Å². The predicted octanol–water partition coefficient (Wildman–Crippen LogP) is 3.20. The van der Waals surface area contributed by atoms with E-state index in [9.17, 15) is 9.59 Å². The van der Waals surface area contributed by atoms with E-state index in [-0.39, 0.29) is 12.5 Å². The first kappa shape index (κ1) is 36.4. The Labute approximate surface area is 265 Å². The summed E-state index contributed by atoms with van der Waals surface area (Å²) in [7, 11) is 1.31. The molecule has 12 heteroatoms. The smallest absolute Gasteiger partial charge is 0.407 e. The van der Waals surface area contributed by atoms with Gasteiger partial charge >= 0.3 is 12.1 Å². The fourth-order valence-corrected chi connectivity index (χ4v) is 4.55. The van der Waals surface area contributed by atoms with Crippen LogP contribution in [0.2, 0.25) is 0 Å². The first-order valence-electron chi connectivity index (χ1n) is 15.4. The Morgan fingerprint density at radius 3 is 1.49 bits per heavy atom. The number of alkyl carbamates (subject to hydrolysis) is 1. The monoisotopic (exact) mass is 633 g/mol. The number of hydrogen-bond donors (Lipinski definition) is 1. The zero-order valence-corrected chi connectivity index (χ0v) is 26.2. The minimum absolute atomic E-state index is 0.0493. The van der Waals surface area contributed by atoms with Crippen LogP contribution in [0, 0.1) is 0 Å². The standard InChI is InChI=1S/C33H47NO11/c1-37-32(35)26-44-24-23-43-22-21-42-20-19-41-18-17-40-16-15-39-14-13-38-12-6-11-34-33(36)45-25-31-29-9-4-2-7-27(29)28-8-3-5-10-30(28)31/h2-5,7-10,31H,6,11-26H2,1H3,(H,34,36). The predicted molar refractivity (Wildman–Crippen MR) is 165 cm³/mol. The zero-order chi connectivity index (χ0) is 31.8. The van der Waals surface area contributed by atoms with Crippen molar-refractivity contribution in [2.45, 2.75) is 12.3 Å². The zero-order valence-electron chi connectivity index (χ0n) is 26.2. The molecule has 1 N–H and O–H groups in total. The highest BCUT2D eigenvalue weighted by atomic mass is 16.6. The van der Waals surface area contributed by atoms with Gasteiger partial charge < -0.3 is 47.9 Å². The third-order valence-corrected chi connectivity index (χ3v) is 6.76. The molecule has 3 rings (SSSR count). The first-order valence-corrected chi connectivity index (χ1v) is 15.4. The van der Waals surface area contributed by atoms with Gasteiger partial charge in [0.15, 0.2) is 0 Å². The van der Waals surface area contributed by atoms with Crippen LogP contribution >= 0.6 is 0 Å². The molecule has 45 heavy (non-hydrogen) atoms. The lowest BCUT2D eigenvalue weighted by Gasteiger charge is -2.14. The number of ether oxygens (including phenoxy) is 9. The Balaban J connectivity index is 1.02. The van der Waals surface area contributed by atoms with Crippen molar-refractivity contribution >= 4 is 12.1 Å². The van der Waals surface area contributed by atoms with Gasteiger partial charge in [-0.1, -0.05) is 48.5 Å². The van der Waals surface area contributed by atoms with E-state index in [0.717, 1.165) is 0 Å². The van der Waals surface area contributed by atoms with Crippen molar-refractivity contribution in [3.05, 3.63) is 59.7 Å². The maximum absolute atomic E-state index is 12.2. The molecule has 0 atom stereocenters. The van der Waals surface area contributed by atoms with E-state index in [0.29, 0.717) is 105 Å². The van der Waals surface area contributed by atoms with Crippen molar-refractivity contribution < 1.29 is 52.2 Å². The summed E-state index contributed by atoms with van der Waals surface area (Å²) in [6, 6.07) is 16.5. The lowest BCUT2D eigenvalue weighted by molar-refractivity contribution is -0.146. The molecule has 0 aromatic heterocycles. The molecule has 0 fully saturated rings. The number of nitrogens with one attached hydrogen (secondary N) is 1. The van der Waals surface area contributed by atoms with Crippen LogP contribution in [0.4, 0.5) is 4.79 Å². The number of methoxy groups -OCH3 is 1. The van der Waals surface area contributed by atoms with Gasteiger partial charge in [-0.3, -0.25) is 0 Å². The van der Waals surface area contributed by atoms with Crippen LogP contribution in [-0.2, 0) is 47.4 Å². The molecule has 250 valence electrons. The molecule has 2 aromatic rings. The van der Waals surface area contributed by atoms with E-state index < -0.39 is 12.1 Å². The summed E-state index contributed by atoms with van der Waals surface area (Å²) in [5, 5.41) is 2.80. The molecule has 0 saturated heterocycles. The maximum Gasteiger partial charge on any atom is 0.407 e. The van der Waals surface area contributed by atoms with E-state index in [1.165, 1.54) is 29.4 Å². The molecule has 0 radical (unpaired) electrons. The van der Waals surface area contributed by atoms with E-state index >= 15 is 0 Å². The van der Waals surface area contributed by atoms with Gasteiger partial charge in [0.25, 0.3) is 0 Å². The molecule has 1 aliphatic rings. The number of rotatable bonds is 26.